The molecular weight excluding hydrogens is 326 g/mol. The molecule has 0 bridgehead atoms. The van der Waals surface area contributed by atoms with Crippen LogP contribution in [-0.4, -0.2) is 39.8 Å². The lowest BCUT2D eigenvalue weighted by atomic mass is 9.96. The van der Waals surface area contributed by atoms with Gasteiger partial charge in [0, 0.05) is 35.5 Å². The maximum Gasteiger partial charge on any atom is 0.229 e. The first-order chi connectivity index (χ1) is 11.7. The van der Waals surface area contributed by atoms with Crippen molar-refractivity contribution in [3.05, 3.63) is 46.6 Å². The molecular formula is C18H22ClN3O2. The number of halogens is 1. The van der Waals surface area contributed by atoms with Crippen molar-refractivity contribution in [2.75, 3.05) is 19.6 Å². The van der Waals surface area contributed by atoms with Gasteiger partial charge in [0.25, 0.3) is 0 Å². The van der Waals surface area contributed by atoms with Crippen LogP contribution in [0.4, 0.5) is 0 Å². The third-order valence-corrected chi connectivity index (χ3v) is 5.29. The van der Waals surface area contributed by atoms with Crippen LogP contribution in [0.5, 0.6) is 0 Å². The van der Waals surface area contributed by atoms with E-state index in [2.05, 4.69) is 15.0 Å². The maximum absolute atomic E-state index is 10.5. The number of piperidine rings is 1. The number of hydrogen-bond donors (Lipinski definition) is 1. The molecule has 1 aromatic heterocycles. The molecule has 6 heteroatoms. The number of nitrogens with zero attached hydrogens (tertiary/aromatic N) is 3. The fraction of sp³-hybridized carbons (Fsp3) is 0.556. The highest BCUT2D eigenvalue weighted by molar-refractivity contribution is 6.31. The van der Waals surface area contributed by atoms with Gasteiger partial charge in [0.05, 0.1) is 6.10 Å². The Morgan fingerprint density at radius 1 is 1.25 bits per heavy atom. The average Bonchev–Trinajstić information content (AvgIpc) is 3.32. The molecule has 4 rings (SSSR count). The first-order valence-electron chi connectivity index (χ1n) is 8.69. The van der Waals surface area contributed by atoms with E-state index in [-0.39, 0.29) is 5.92 Å². The summed E-state index contributed by atoms with van der Waals surface area (Å²) in [7, 11) is 0. The van der Waals surface area contributed by atoms with E-state index in [0.29, 0.717) is 17.5 Å². The number of benzene rings is 1. The van der Waals surface area contributed by atoms with Gasteiger partial charge < -0.3 is 9.63 Å². The van der Waals surface area contributed by atoms with Gasteiger partial charge in [-0.25, -0.2) is 0 Å². The Bertz CT molecular complexity index is 701. The molecule has 2 aromatic rings. The van der Waals surface area contributed by atoms with Crippen molar-refractivity contribution in [3.63, 3.8) is 0 Å². The van der Waals surface area contributed by atoms with Crippen molar-refractivity contribution in [3.8, 4) is 0 Å². The van der Waals surface area contributed by atoms with Gasteiger partial charge >= 0.3 is 0 Å². The Kier molecular flexibility index (Phi) is 4.57. The van der Waals surface area contributed by atoms with Crippen LogP contribution in [0.15, 0.2) is 28.8 Å². The quantitative estimate of drug-likeness (QED) is 0.896. The van der Waals surface area contributed by atoms with Crippen LogP contribution < -0.4 is 0 Å². The van der Waals surface area contributed by atoms with E-state index >= 15 is 0 Å². The van der Waals surface area contributed by atoms with E-state index in [1.807, 2.05) is 24.3 Å². The Balaban J connectivity index is 1.40. The van der Waals surface area contributed by atoms with Gasteiger partial charge in [-0.15, -0.1) is 0 Å². The van der Waals surface area contributed by atoms with E-state index in [0.717, 1.165) is 43.2 Å². The second-order valence-corrected chi connectivity index (χ2v) is 7.31. The summed E-state index contributed by atoms with van der Waals surface area (Å²) in [6.45, 7) is 2.41. The third-order valence-electron chi connectivity index (χ3n) is 4.95. The number of likely N-dealkylation sites (tertiary alicyclic amines) is 1. The Labute approximate surface area is 146 Å². The molecule has 2 aliphatic rings. The van der Waals surface area contributed by atoms with Gasteiger partial charge in [0.1, 0.15) is 0 Å². The van der Waals surface area contributed by atoms with Crippen molar-refractivity contribution in [2.45, 2.75) is 43.6 Å². The second-order valence-electron chi connectivity index (χ2n) is 6.90. The van der Waals surface area contributed by atoms with Crippen LogP contribution in [-0.2, 0) is 0 Å². The van der Waals surface area contributed by atoms with E-state index < -0.39 is 6.10 Å². The molecule has 1 aromatic carbocycles. The summed E-state index contributed by atoms with van der Waals surface area (Å²) < 4.78 is 5.40. The summed E-state index contributed by atoms with van der Waals surface area (Å²) in [4.78, 5) is 6.87. The second kappa shape index (κ2) is 6.82. The molecule has 24 heavy (non-hydrogen) atoms. The molecule has 1 aliphatic carbocycles. The zero-order valence-corrected chi connectivity index (χ0v) is 14.3. The minimum Gasteiger partial charge on any atom is -0.387 e. The highest BCUT2D eigenvalue weighted by Crippen LogP contribution is 2.39. The van der Waals surface area contributed by atoms with Crippen molar-refractivity contribution in [2.24, 2.45) is 0 Å². The summed E-state index contributed by atoms with van der Waals surface area (Å²) in [5.41, 5.74) is 0.789. The molecule has 0 radical (unpaired) electrons. The predicted octanol–water partition coefficient (Wildman–Crippen LogP) is 3.51. The van der Waals surface area contributed by atoms with Crippen molar-refractivity contribution < 1.29 is 9.63 Å². The Morgan fingerprint density at radius 2 is 2.08 bits per heavy atom. The monoisotopic (exact) mass is 347 g/mol. The molecule has 1 saturated heterocycles. The maximum atomic E-state index is 10.5. The van der Waals surface area contributed by atoms with Crippen LogP contribution in [0.2, 0.25) is 5.02 Å². The molecule has 2 fully saturated rings. The Hall–Kier alpha value is -1.43. The number of hydrogen-bond acceptors (Lipinski definition) is 5. The van der Waals surface area contributed by atoms with Gasteiger partial charge in [-0.05, 0) is 38.3 Å². The number of aliphatic hydroxyl groups excluding tert-OH is 1. The van der Waals surface area contributed by atoms with E-state index in [4.69, 9.17) is 16.1 Å². The first-order valence-corrected chi connectivity index (χ1v) is 9.07. The van der Waals surface area contributed by atoms with Crippen LogP contribution in [0.3, 0.4) is 0 Å². The minimum absolute atomic E-state index is 0.286. The SMILES string of the molecule is O[C@H](CN1CCC[C@@H](c2noc(C3CC3)n2)C1)c1ccccc1Cl. The third kappa shape index (κ3) is 3.48. The molecule has 2 atom stereocenters. The molecule has 1 aliphatic heterocycles. The van der Waals surface area contributed by atoms with Crippen molar-refractivity contribution in [1.29, 1.82) is 0 Å². The van der Waals surface area contributed by atoms with E-state index in [1.54, 1.807) is 0 Å². The average molecular weight is 348 g/mol. The molecule has 1 saturated carbocycles. The molecule has 0 unspecified atom stereocenters. The Morgan fingerprint density at radius 3 is 2.88 bits per heavy atom. The first kappa shape index (κ1) is 16.1. The lowest BCUT2D eigenvalue weighted by Gasteiger charge is -2.32. The summed E-state index contributed by atoms with van der Waals surface area (Å²) >= 11 is 6.19. The zero-order valence-electron chi connectivity index (χ0n) is 13.6. The predicted molar refractivity (Wildman–Crippen MR) is 91.1 cm³/mol. The topological polar surface area (TPSA) is 62.4 Å². The van der Waals surface area contributed by atoms with Gasteiger partial charge in [-0.1, -0.05) is 35.0 Å². The molecule has 128 valence electrons. The molecule has 5 nitrogen and oxygen atoms in total. The molecule has 1 N–H and O–H groups in total. The standard InChI is InChI=1S/C18H22ClN3O2/c19-15-6-2-1-5-14(15)16(23)11-22-9-3-4-13(10-22)17-20-18(24-21-17)12-7-8-12/h1-2,5-6,12-13,16,23H,3-4,7-11H2/t13-,16-/m1/s1. The fourth-order valence-corrected chi connectivity index (χ4v) is 3.69. The number of aliphatic hydroxyl groups is 1. The normalized spacial score (nSPS) is 23.3. The van der Waals surface area contributed by atoms with Gasteiger partial charge in [0.15, 0.2) is 5.82 Å². The van der Waals surface area contributed by atoms with E-state index in [1.165, 1.54) is 12.8 Å². The van der Waals surface area contributed by atoms with Crippen molar-refractivity contribution in [1.82, 2.24) is 15.0 Å². The van der Waals surface area contributed by atoms with Crippen LogP contribution >= 0.6 is 11.6 Å². The van der Waals surface area contributed by atoms with Crippen LogP contribution in [0, 0.1) is 0 Å². The largest absolute Gasteiger partial charge is 0.387 e. The highest BCUT2D eigenvalue weighted by Gasteiger charge is 2.32. The summed E-state index contributed by atoms with van der Waals surface area (Å²) in [5.74, 6) is 2.41. The lowest BCUT2D eigenvalue weighted by Crippen LogP contribution is -2.37. The minimum atomic E-state index is -0.579. The number of rotatable bonds is 5. The van der Waals surface area contributed by atoms with Crippen LogP contribution in [0.1, 0.15) is 60.9 Å². The summed E-state index contributed by atoms with van der Waals surface area (Å²) in [6.07, 6.45) is 3.91. The molecule has 2 heterocycles. The van der Waals surface area contributed by atoms with Gasteiger partial charge in [-0.3, -0.25) is 4.90 Å². The van der Waals surface area contributed by atoms with Gasteiger partial charge in [0.2, 0.25) is 5.89 Å². The van der Waals surface area contributed by atoms with Gasteiger partial charge in [-0.2, -0.15) is 4.98 Å². The van der Waals surface area contributed by atoms with Crippen LogP contribution in [0.25, 0.3) is 0 Å². The zero-order chi connectivity index (χ0) is 16.5. The fourth-order valence-electron chi connectivity index (χ4n) is 3.43. The molecule has 0 amide bonds. The number of aromatic nitrogens is 2. The summed E-state index contributed by atoms with van der Waals surface area (Å²) in [5, 5.41) is 15.3. The smallest absolute Gasteiger partial charge is 0.229 e. The van der Waals surface area contributed by atoms with E-state index in [9.17, 15) is 5.11 Å². The highest BCUT2D eigenvalue weighted by atomic mass is 35.5. The summed E-state index contributed by atoms with van der Waals surface area (Å²) in [6, 6.07) is 7.48. The number of β-amino-alcohol motifs (C(OH)–C–C–N with tert-alkyl or cyclic N) is 1. The van der Waals surface area contributed by atoms with Crippen molar-refractivity contribution >= 4 is 11.6 Å². The molecule has 0 spiro atoms. The lowest BCUT2D eigenvalue weighted by molar-refractivity contribution is 0.0943.